The fourth-order valence-corrected chi connectivity index (χ4v) is 1.89. The zero-order chi connectivity index (χ0) is 13.4. The second kappa shape index (κ2) is 4.47. The first kappa shape index (κ1) is 11.9. The van der Waals surface area contributed by atoms with Gasteiger partial charge in [-0.15, -0.1) is 0 Å². The molecule has 2 heterocycles. The molecule has 0 amide bonds. The van der Waals surface area contributed by atoms with E-state index in [0.29, 0.717) is 22.7 Å². The van der Waals surface area contributed by atoms with Gasteiger partial charge >= 0.3 is 0 Å². The van der Waals surface area contributed by atoms with Crippen LogP contribution in [0.5, 0.6) is 11.6 Å². The number of benzene rings is 1. The predicted octanol–water partition coefficient (Wildman–Crippen LogP) is 2.95. The topological polar surface area (TPSA) is 52.8 Å². The fourth-order valence-electron chi connectivity index (χ4n) is 1.68. The molecule has 0 atom stereocenters. The van der Waals surface area contributed by atoms with E-state index in [4.69, 9.17) is 16.3 Å². The van der Waals surface area contributed by atoms with Crippen LogP contribution in [0.25, 0.3) is 11.0 Å². The van der Waals surface area contributed by atoms with Gasteiger partial charge in [0.2, 0.25) is 5.88 Å². The van der Waals surface area contributed by atoms with Crippen molar-refractivity contribution >= 4 is 22.6 Å². The van der Waals surface area contributed by atoms with E-state index in [9.17, 15) is 4.39 Å². The van der Waals surface area contributed by atoms with Crippen LogP contribution in [0.15, 0.2) is 30.7 Å². The number of halogens is 2. The van der Waals surface area contributed by atoms with E-state index < -0.39 is 5.82 Å². The Morgan fingerprint density at radius 3 is 2.95 bits per heavy atom. The Kier molecular flexibility index (Phi) is 2.79. The van der Waals surface area contributed by atoms with Crippen LogP contribution < -0.4 is 4.74 Å². The first-order valence-corrected chi connectivity index (χ1v) is 5.78. The van der Waals surface area contributed by atoms with Crippen LogP contribution in [0.1, 0.15) is 0 Å². The summed E-state index contributed by atoms with van der Waals surface area (Å²) in [5, 5.41) is 4.91. The number of rotatable bonds is 2. The molecular formula is C12H8ClFN4O. The molecule has 0 aliphatic heterocycles. The molecule has 1 aromatic carbocycles. The minimum atomic E-state index is -0.424. The maximum atomic E-state index is 13.0. The molecule has 2 aromatic heterocycles. The minimum absolute atomic E-state index is 0.177. The van der Waals surface area contributed by atoms with Crippen molar-refractivity contribution in [2.24, 2.45) is 7.05 Å². The maximum Gasteiger partial charge on any atom is 0.233 e. The summed E-state index contributed by atoms with van der Waals surface area (Å²) in [4.78, 5) is 8.14. The molecule has 0 spiro atoms. The maximum absolute atomic E-state index is 13.0. The van der Waals surface area contributed by atoms with Crippen LogP contribution >= 0.6 is 11.6 Å². The summed E-state index contributed by atoms with van der Waals surface area (Å²) in [6.07, 6.45) is 2.97. The Hall–Kier alpha value is -2.21. The highest BCUT2D eigenvalue weighted by atomic mass is 35.5. The minimum Gasteiger partial charge on any atom is -0.437 e. The van der Waals surface area contributed by atoms with Crippen molar-refractivity contribution in [3.05, 3.63) is 41.6 Å². The van der Waals surface area contributed by atoms with Crippen LogP contribution in [0.4, 0.5) is 4.39 Å². The van der Waals surface area contributed by atoms with Crippen LogP contribution in [-0.2, 0) is 7.05 Å². The third-order valence-corrected chi connectivity index (χ3v) is 2.89. The molecule has 3 aromatic rings. The lowest BCUT2D eigenvalue weighted by molar-refractivity contribution is 0.466. The van der Waals surface area contributed by atoms with Gasteiger partial charge in [0.1, 0.15) is 23.3 Å². The van der Waals surface area contributed by atoms with E-state index in [2.05, 4.69) is 15.1 Å². The van der Waals surface area contributed by atoms with Crippen LogP contribution in [0, 0.1) is 5.82 Å². The van der Waals surface area contributed by atoms with Crippen molar-refractivity contribution in [2.45, 2.75) is 0 Å². The molecular weight excluding hydrogens is 271 g/mol. The average molecular weight is 279 g/mol. The SMILES string of the molecule is Cn1ncc2c(Oc3ccc(F)cc3Cl)ncnc21. The van der Waals surface area contributed by atoms with E-state index in [1.54, 1.807) is 17.9 Å². The van der Waals surface area contributed by atoms with E-state index in [0.717, 1.165) is 0 Å². The second-order valence-corrected chi connectivity index (χ2v) is 4.27. The largest absolute Gasteiger partial charge is 0.437 e. The van der Waals surface area contributed by atoms with E-state index >= 15 is 0 Å². The summed E-state index contributed by atoms with van der Waals surface area (Å²) in [5.41, 5.74) is 0.642. The number of nitrogens with zero attached hydrogens (tertiary/aromatic N) is 4. The Morgan fingerprint density at radius 2 is 2.16 bits per heavy atom. The smallest absolute Gasteiger partial charge is 0.233 e. The van der Waals surface area contributed by atoms with Crippen LogP contribution in [0.2, 0.25) is 5.02 Å². The summed E-state index contributed by atoms with van der Waals surface area (Å²) in [5.74, 6) is 0.227. The molecule has 7 heteroatoms. The lowest BCUT2D eigenvalue weighted by Crippen LogP contribution is -1.94. The molecule has 0 saturated heterocycles. The summed E-state index contributed by atoms with van der Waals surface area (Å²) in [6, 6.07) is 3.89. The highest BCUT2D eigenvalue weighted by Crippen LogP contribution is 2.31. The molecule has 0 unspecified atom stereocenters. The Labute approximate surface area is 112 Å². The van der Waals surface area contributed by atoms with E-state index in [1.165, 1.54) is 24.5 Å². The number of ether oxygens (including phenoxy) is 1. The number of hydrogen-bond acceptors (Lipinski definition) is 4. The molecule has 0 fully saturated rings. The van der Waals surface area contributed by atoms with Gasteiger partial charge in [0.15, 0.2) is 5.65 Å². The zero-order valence-electron chi connectivity index (χ0n) is 9.84. The Bertz CT molecular complexity index is 759. The molecule has 3 rings (SSSR count). The van der Waals surface area contributed by atoms with Crippen molar-refractivity contribution < 1.29 is 9.13 Å². The first-order valence-electron chi connectivity index (χ1n) is 5.41. The van der Waals surface area contributed by atoms with Gasteiger partial charge in [-0.3, -0.25) is 4.68 Å². The van der Waals surface area contributed by atoms with Crippen molar-refractivity contribution in [3.63, 3.8) is 0 Å². The lowest BCUT2D eigenvalue weighted by atomic mass is 10.3. The van der Waals surface area contributed by atoms with Crippen molar-refractivity contribution in [3.8, 4) is 11.6 Å². The van der Waals surface area contributed by atoms with Gasteiger partial charge in [0.25, 0.3) is 0 Å². The molecule has 0 radical (unpaired) electrons. The number of aromatic nitrogens is 4. The molecule has 0 bridgehead atoms. The van der Waals surface area contributed by atoms with Gasteiger partial charge in [-0.2, -0.15) is 5.10 Å². The summed E-state index contributed by atoms with van der Waals surface area (Å²) >= 11 is 5.91. The third-order valence-electron chi connectivity index (χ3n) is 2.59. The lowest BCUT2D eigenvalue weighted by Gasteiger charge is -2.07. The molecule has 96 valence electrons. The third kappa shape index (κ3) is 2.10. The predicted molar refractivity (Wildman–Crippen MR) is 67.8 cm³/mol. The van der Waals surface area contributed by atoms with Gasteiger partial charge in [-0.1, -0.05) is 11.6 Å². The Morgan fingerprint density at radius 1 is 1.32 bits per heavy atom. The number of fused-ring (bicyclic) bond motifs is 1. The summed E-state index contributed by atoms with van der Waals surface area (Å²) < 4.78 is 20.2. The normalized spacial score (nSPS) is 10.9. The highest BCUT2D eigenvalue weighted by molar-refractivity contribution is 6.32. The molecule has 0 aliphatic rings. The van der Waals surface area contributed by atoms with Gasteiger partial charge in [-0.05, 0) is 18.2 Å². The van der Waals surface area contributed by atoms with Gasteiger partial charge < -0.3 is 4.74 Å². The zero-order valence-corrected chi connectivity index (χ0v) is 10.6. The summed E-state index contributed by atoms with van der Waals surface area (Å²) in [6.45, 7) is 0. The van der Waals surface area contributed by atoms with Crippen LogP contribution in [-0.4, -0.2) is 19.7 Å². The first-order chi connectivity index (χ1) is 9.15. The standard InChI is InChI=1S/C12H8ClFN4O/c1-18-11-8(5-17-18)12(16-6-15-11)19-10-3-2-7(14)4-9(10)13/h2-6H,1H3. The van der Waals surface area contributed by atoms with Gasteiger partial charge in [-0.25, -0.2) is 14.4 Å². The van der Waals surface area contributed by atoms with Crippen molar-refractivity contribution in [1.29, 1.82) is 0 Å². The molecule has 0 aliphatic carbocycles. The van der Waals surface area contributed by atoms with Gasteiger partial charge in [0, 0.05) is 7.05 Å². The second-order valence-electron chi connectivity index (χ2n) is 3.86. The van der Waals surface area contributed by atoms with E-state index in [-0.39, 0.29) is 5.02 Å². The van der Waals surface area contributed by atoms with Crippen molar-refractivity contribution in [2.75, 3.05) is 0 Å². The summed E-state index contributed by atoms with van der Waals surface area (Å²) in [7, 11) is 1.77. The molecule has 19 heavy (non-hydrogen) atoms. The van der Waals surface area contributed by atoms with Crippen LogP contribution in [0.3, 0.4) is 0 Å². The monoisotopic (exact) mass is 278 g/mol. The molecule has 5 nitrogen and oxygen atoms in total. The average Bonchev–Trinajstić information content (AvgIpc) is 2.76. The van der Waals surface area contributed by atoms with E-state index in [1.807, 2.05) is 0 Å². The van der Waals surface area contributed by atoms with Crippen molar-refractivity contribution in [1.82, 2.24) is 19.7 Å². The highest BCUT2D eigenvalue weighted by Gasteiger charge is 2.11. The molecule has 0 saturated carbocycles. The van der Waals surface area contributed by atoms with Gasteiger partial charge in [0.05, 0.1) is 11.2 Å². The fraction of sp³-hybridized carbons (Fsp3) is 0.0833. The molecule has 0 N–H and O–H groups in total. The number of hydrogen-bond donors (Lipinski definition) is 0. The Balaban J connectivity index is 2.06. The number of aryl methyl sites for hydroxylation is 1. The quantitative estimate of drug-likeness (QED) is 0.723.